The molecule has 0 saturated heterocycles. The minimum Gasteiger partial charge on any atom is -0.251 e. The van der Waals surface area contributed by atoms with E-state index in [-0.39, 0.29) is 12.6 Å². The first kappa shape index (κ1) is 13.7. The van der Waals surface area contributed by atoms with Crippen LogP contribution in [0.25, 0.3) is 0 Å². The Bertz CT molecular complexity index is 125. The summed E-state index contributed by atoms with van der Waals surface area (Å²) in [5.74, 6) is 1.28. The highest BCUT2D eigenvalue weighted by Crippen LogP contribution is 2.30. The second-order valence-electron chi connectivity index (χ2n) is 4.12. The monoisotopic (exact) mass is 300 g/mol. The van der Waals surface area contributed by atoms with Crippen LogP contribution in [0.4, 0.5) is 4.39 Å². The lowest BCUT2D eigenvalue weighted by Crippen LogP contribution is -2.26. The van der Waals surface area contributed by atoms with Crippen LogP contribution < -0.4 is 0 Å². The molecule has 0 radical (unpaired) electrons. The molecule has 4 atom stereocenters. The van der Waals surface area contributed by atoms with Crippen molar-refractivity contribution in [1.29, 1.82) is 0 Å². The van der Waals surface area contributed by atoms with E-state index < -0.39 is 0 Å². The number of alkyl halides is 2. The van der Waals surface area contributed by atoms with Gasteiger partial charge in [0.05, 0.1) is 6.67 Å². The molecule has 0 aromatic heterocycles. The Balaban J connectivity index is 4.14. The Morgan fingerprint density at radius 1 is 1.23 bits per heavy atom. The highest BCUT2D eigenvalue weighted by molar-refractivity contribution is 14.1. The zero-order chi connectivity index (χ0) is 10.4. The van der Waals surface area contributed by atoms with Gasteiger partial charge >= 0.3 is 0 Å². The van der Waals surface area contributed by atoms with E-state index in [1.54, 1.807) is 0 Å². The SMILES string of the molecule is CCC[C@H](C)[C@H](CF)C(C)C(C)I. The third kappa shape index (κ3) is 4.61. The molecule has 0 saturated carbocycles. The molecule has 0 aliphatic rings. The van der Waals surface area contributed by atoms with Crippen molar-refractivity contribution in [3.63, 3.8) is 0 Å². The van der Waals surface area contributed by atoms with E-state index in [0.717, 1.165) is 6.42 Å². The Morgan fingerprint density at radius 2 is 1.77 bits per heavy atom. The molecule has 2 unspecified atom stereocenters. The van der Waals surface area contributed by atoms with Gasteiger partial charge in [0.25, 0.3) is 0 Å². The van der Waals surface area contributed by atoms with Crippen molar-refractivity contribution in [2.75, 3.05) is 6.67 Å². The maximum atomic E-state index is 12.8. The van der Waals surface area contributed by atoms with Crippen LogP contribution in [0.3, 0.4) is 0 Å². The summed E-state index contributed by atoms with van der Waals surface area (Å²) >= 11 is 2.40. The highest BCUT2D eigenvalue weighted by Gasteiger charge is 2.25. The lowest BCUT2D eigenvalue weighted by Gasteiger charge is -2.28. The fourth-order valence-corrected chi connectivity index (χ4v) is 2.35. The summed E-state index contributed by atoms with van der Waals surface area (Å²) < 4.78 is 13.4. The third-order valence-corrected chi connectivity index (χ3v) is 4.19. The highest BCUT2D eigenvalue weighted by atomic mass is 127. The van der Waals surface area contributed by atoms with E-state index in [0.29, 0.717) is 15.8 Å². The number of halogens is 2. The van der Waals surface area contributed by atoms with E-state index in [4.69, 9.17) is 0 Å². The Labute approximate surface area is 95.8 Å². The van der Waals surface area contributed by atoms with E-state index in [1.165, 1.54) is 6.42 Å². The van der Waals surface area contributed by atoms with E-state index >= 15 is 0 Å². The van der Waals surface area contributed by atoms with Gasteiger partial charge < -0.3 is 0 Å². The van der Waals surface area contributed by atoms with Gasteiger partial charge in [0.2, 0.25) is 0 Å². The normalized spacial score (nSPS) is 20.8. The number of rotatable bonds is 6. The van der Waals surface area contributed by atoms with Crippen molar-refractivity contribution in [3.05, 3.63) is 0 Å². The maximum Gasteiger partial charge on any atom is 0.0928 e. The minimum absolute atomic E-state index is 0.157. The molecule has 0 amide bonds. The van der Waals surface area contributed by atoms with Crippen LogP contribution in [0.1, 0.15) is 40.5 Å². The Morgan fingerprint density at radius 3 is 2.08 bits per heavy atom. The Kier molecular flexibility index (Phi) is 7.37. The first-order chi connectivity index (χ1) is 6.04. The fourth-order valence-electron chi connectivity index (χ4n) is 1.82. The van der Waals surface area contributed by atoms with Crippen LogP contribution >= 0.6 is 22.6 Å². The molecule has 80 valence electrons. The average Bonchev–Trinajstić information content (AvgIpc) is 2.05. The molecule has 0 heterocycles. The van der Waals surface area contributed by atoms with Gasteiger partial charge in [0.15, 0.2) is 0 Å². The maximum absolute atomic E-state index is 12.8. The van der Waals surface area contributed by atoms with Crippen molar-refractivity contribution in [3.8, 4) is 0 Å². The van der Waals surface area contributed by atoms with Crippen molar-refractivity contribution >= 4 is 22.6 Å². The summed E-state index contributed by atoms with van der Waals surface area (Å²) in [6.45, 7) is 8.54. The molecule has 0 aromatic carbocycles. The predicted molar refractivity (Wildman–Crippen MR) is 66.2 cm³/mol. The molecule has 0 aliphatic carbocycles. The zero-order valence-electron chi connectivity index (χ0n) is 9.19. The topological polar surface area (TPSA) is 0 Å². The van der Waals surface area contributed by atoms with Gasteiger partial charge in [-0.25, -0.2) is 0 Å². The summed E-state index contributed by atoms with van der Waals surface area (Å²) in [6, 6.07) is 0. The molecule has 0 rings (SSSR count). The fraction of sp³-hybridized carbons (Fsp3) is 1.00. The number of hydrogen-bond donors (Lipinski definition) is 0. The largest absolute Gasteiger partial charge is 0.251 e. The smallest absolute Gasteiger partial charge is 0.0928 e. The molecule has 2 heteroatoms. The van der Waals surface area contributed by atoms with Crippen LogP contribution in [-0.2, 0) is 0 Å². The molecular weight excluding hydrogens is 278 g/mol. The van der Waals surface area contributed by atoms with Crippen molar-refractivity contribution in [1.82, 2.24) is 0 Å². The van der Waals surface area contributed by atoms with Gasteiger partial charge in [-0.2, -0.15) is 0 Å². The molecule has 0 aromatic rings. The lowest BCUT2D eigenvalue weighted by atomic mass is 9.81. The van der Waals surface area contributed by atoms with Crippen LogP contribution in [0, 0.1) is 17.8 Å². The van der Waals surface area contributed by atoms with Gasteiger partial charge in [-0.15, -0.1) is 0 Å². The second kappa shape index (κ2) is 7.02. The van der Waals surface area contributed by atoms with E-state index in [2.05, 4.69) is 50.3 Å². The molecular formula is C11H22FI. The van der Waals surface area contributed by atoms with Gasteiger partial charge in [0, 0.05) is 3.92 Å². The van der Waals surface area contributed by atoms with Crippen molar-refractivity contribution in [2.45, 2.75) is 44.5 Å². The molecule has 0 nitrogen and oxygen atoms in total. The zero-order valence-corrected chi connectivity index (χ0v) is 11.3. The van der Waals surface area contributed by atoms with Crippen molar-refractivity contribution < 1.29 is 4.39 Å². The molecule has 0 fully saturated rings. The first-order valence-corrected chi connectivity index (χ1v) is 6.49. The average molecular weight is 300 g/mol. The van der Waals surface area contributed by atoms with Gasteiger partial charge in [-0.05, 0) is 17.8 Å². The molecule has 0 N–H and O–H groups in total. The standard InChI is InChI=1S/C11H22FI/c1-5-6-8(2)11(7-12)9(3)10(4)13/h8-11H,5-7H2,1-4H3/t8-,9?,10?,11-/m0/s1. The van der Waals surface area contributed by atoms with Crippen LogP contribution in [0.2, 0.25) is 0 Å². The minimum atomic E-state index is -0.157. The second-order valence-corrected chi connectivity index (χ2v) is 6.09. The van der Waals surface area contributed by atoms with Gasteiger partial charge in [0.1, 0.15) is 0 Å². The molecule has 0 spiro atoms. The molecule has 13 heavy (non-hydrogen) atoms. The van der Waals surface area contributed by atoms with Crippen LogP contribution in [-0.4, -0.2) is 10.6 Å². The summed E-state index contributed by atoms with van der Waals surface area (Å²) in [4.78, 5) is 0. The van der Waals surface area contributed by atoms with Crippen LogP contribution in [0.5, 0.6) is 0 Å². The summed E-state index contributed by atoms with van der Waals surface area (Å²) in [5, 5.41) is 0. The number of hydrogen-bond acceptors (Lipinski definition) is 0. The predicted octanol–water partition coefficient (Wildman–Crippen LogP) is 4.47. The first-order valence-electron chi connectivity index (χ1n) is 5.24. The van der Waals surface area contributed by atoms with Crippen molar-refractivity contribution in [2.24, 2.45) is 17.8 Å². The molecule has 0 bridgehead atoms. The van der Waals surface area contributed by atoms with E-state index in [9.17, 15) is 4.39 Å². The molecule has 0 aliphatic heterocycles. The summed E-state index contributed by atoms with van der Waals surface area (Å²) in [5.41, 5.74) is 0. The van der Waals surface area contributed by atoms with Gasteiger partial charge in [-0.1, -0.05) is 63.1 Å². The summed E-state index contributed by atoms with van der Waals surface area (Å²) in [7, 11) is 0. The Hall–Kier alpha value is 0.660. The lowest BCUT2D eigenvalue weighted by molar-refractivity contribution is 0.193. The third-order valence-electron chi connectivity index (χ3n) is 3.05. The van der Waals surface area contributed by atoms with E-state index in [1.807, 2.05) is 0 Å². The quantitative estimate of drug-likeness (QED) is 0.501. The van der Waals surface area contributed by atoms with Crippen LogP contribution in [0.15, 0.2) is 0 Å². The van der Waals surface area contributed by atoms with Gasteiger partial charge in [-0.3, -0.25) is 4.39 Å². The summed E-state index contributed by atoms with van der Waals surface area (Å²) in [6.07, 6.45) is 2.32.